The van der Waals surface area contributed by atoms with Crippen molar-refractivity contribution in [1.82, 2.24) is 10.6 Å². The molecule has 1 saturated heterocycles. The summed E-state index contributed by atoms with van der Waals surface area (Å²) in [5.74, 6) is -0.974. The Balaban J connectivity index is 2.12. The van der Waals surface area contributed by atoms with Gasteiger partial charge in [0.05, 0.1) is 5.56 Å². The van der Waals surface area contributed by atoms with Gasteiger partial charge in [-0.05, 0) is 37.5 Å². The number of carbonyl (C=O) groups excluding carboxylic acids is 2. The van der Waals surface area contributed by atoms with E-state index in [-0.39, 0.29) is 17.5 Å². The van der Waals surface area contributed by atoms with Gasteiger partial charge in [-0.1, -0.05) is 15.9 Å². The van der Waals surface area contributed by atoms with Crippen molar-refractivity contribution in [3.05, 3.63) is 33.5 Å². The van der Waals surface area contributed by atoms with Gasteiger partial charge in [0, 0.05) is 23.5 Å². The number of amides is 2. The zero-order valence-corrected chi connectivity index (χ0v) is 12.7. The van der Waals surface area contributed by atoms with Gasteiger partial charge < -0.3 is 10.6 Å². The lowest BCUT2D eigenvalue weighted by atomic mass is 10.1. The van der Waals surface area contributed by atoms with Gasteiger partial charge in [-0.3, -0.25) is 9.59 Å². The van der Waals surface area contributed by atoms with Crippen molar-refractivity contribution < 1.29 is 14.0 Å². The first-order valence-electron chi connectivity index (χ1n) is 6.51. The number of halogens is 2. The molecule has 6 heteroatoms. The number of carbonyl (C=O) groups is 2. The highest BCUT2D eigenvalue weighted by atomic mass is 79.9. The molecule has 1 aliphatic rings. The molecule has 4 nitrogen and oxygen atoms in total. The highest BCUT2D eigenvalue weighted by Gasteiger charge is 2.22. The predicted octanol–water partition coefficient (Wildman–Crippen LogP) is 2.30. The lowest BCUT2D eigenvalue weighted by molar-refractivity contribution is -0.120. The standard InChI is InChI=1S/C14H16BrFN2O2/c1-8-10(15)3-4-11(16)13(8)14(20)18-9-2-5-12(19)17-7-6-9/h3-4,9H,2,5-7H2,1H3,(H,17,19)(H,18,20). The van der Waals surface area contributed by atoms with E-state index < -0.39 is 11.7 Å². The van der Waals surface area contributed by atoms with Crippen LogP contribution in [0.1, 0.15) is 35.2 Å². The fourth-order valence-electron chi connectivity index (χ4n) is 2.26. The second kappa shape index (κ2) is 6.35. The van der Waals surface area contributed by atoms with E-state index >= 15 is 0 Å². The average Bonchev–Trinajstić information content (AvgIpc) is 2.60. The maximum atomic E-state index is 13.8. The van der Waals surface area contributed by atoms with Crippen molar-refractivity contribution in [2.45, 2.75) is 32.2 Å². The zero-order valence-electron chi connectivity index (χ0n) is 11.1. The molecule has 1 aliphatic heterocycles. The number of benzene rings is 1. The first-order valence-corrected chi connectivity index (χ1v) is 7.30. The van der Waals surface area contributed by atoms with Crippen LogP contribution in [-0.4, -0.2) is 24.4 Å². The molecule has 1 aromatic rings. The maximum Gasteiger partial charge on any atom is 0.254 e. The van der Waals surface area contributed by atoms with Crippen LogP contribution >= 0.6 is 15.9 Å². The topological polar surface area (TPSA) is 58.2 Å². The summed E-state index contributed by atoms with van der Waals surface area (Å²) in [5, 5.41) is 5.56. The summed E-state index contributed by atoms with van der Waals surface area (Å²) >= 11 is 3.29. The second-order valence-corrected chi connectivity index (χ2v) is 5.73. The van der Waals surface area contributed by atoms with Gasteiger partial charge in [0.2, 0.25) is 5.91 Å². The van der Waals surface area contributed by atoms with E-state index in [0.29, 0.717) is 35.8 Å². The SMILES string of the molecule is Cc1c(Br)ccc(F)c1C(=O)NC1CCNC(=O)CC1. The second-order valence-electron chi connectivity index (χ2n) is 4.88. The van der Waals surface area contributed by atoms with Crippen molar-refractivity contribution in [2.75, 3.05) is 6.54 Å². The molecule has 108 valence electrons. The molecule has 20 heavy (non-hydrogen) atoms. The Hall–Kier alpha value is -1.43. The molecule has 0 radical (unpaired) electrons. The van der Waals surface area contributed by atoms with Crippen LogP contribution in [-0.2, 0) is 4.79 Å². The third kappa shape index (κ3) is 3.36. The molecular formula is C14H16BrFN2O2. The molecule has 1 fully saturated rings. The van der Waals surface area contributed by atoms with Crippen molar-refractivity contribution in [3.63, 3.8) is 0 Å². The molecule has 0 aromatic heterocycles. The van der Waals surface area contributed by atoms with Crippen molar-refractivity contribution in [1.29, 1.82) is 0 Å². The Morgan fingerprint density at radius 2 is 2.20 bits per heavy atom. The molecule has 1 aromatic carbocycles. The van der Waals surface area contributed by atoms with Crippen molar-refractivity contribution in [2.24, 2.45) is 0 Å². The first-order chi connectivity index (χ1) is 9.49. The molecule has 0 aliphatic carbocycles. The van der Waals surface area contributed by atoms with E-state index in [2.05, 4.69) is 26.6 Å². The summed E-state index contributed by atoms with van der Waals surface area (Å²) in [4.78, 5) is 23.5. The monoisotopic (exact) mass is 342 g/mol. The van der Waals surface area contributed by atoms with Crippen LogP contribution in [0.5, 0.6) is 0 Å². The van der Waals surface area contributed by atoms with Crippen molar-refractivity contribution in [3.8, 4) is 0 Å². The minimum absolute atomic E-state index is 0.00781. The molecule has 0 spiro atoms. The lowest BCUT2D eigenvalue weighted by Gasteiger charge is -2.17. The largest absolute Gasteiger partial charge is 0.356 e. The number of hydrogen-bond acceptors (Lipinski definition) is 2. The van der Waals surface area contributed by atoms with E-state index in [4.69, 9.17) is 0 Å². The van der Waals surface area contributed by atoms with Gasteiger partial charge in [0.1, 0.15) is 5.82 Å². The third-order valence-corrected chi connectivity index (χ3v) is 4.30. The Bertz CT molecular complexity index is 548. The molecule has 2 rings (SSSR count). The third-order valence-electron chi connectivity index (χ3n) is 3.45. The van der Waals surface area contributed by atoms with Crippen LogP contribution in [0.3, 0.4) is 0 Å². The summed E-state index contributed by atoms with van der Waals surface area (Å²) in [7, 11) is 0. The molecule has 0 bridgehead atoms. The maximum absolute atomic E-state index is 13.8. The van der Waals surface area contributed by atoms with Gasteiger partial charge in [0.25, 0.3) is 5.91 Å². The van der Waals surface area contributed by atoms with Gasteiger partial charge in [-0.2, -0.15) is 0 Å². The van der Waals surface area contributed by atoms with Gasteiger partial charge >= 0.3 is 0 Å². The smallest absolute Gasteiger partial charge is 0.254 e. The Morgan fingerprint density at radius 3 is 2.95 bits per heavy atom. The van der Waals surface area contributed by atoms with E-state index in [9.17, 15) is 14.0 Å². The van der Waals surface area contributed by atoms with Gasteiger partial charge in [-0.15, -0.1) is 0 Å². The van der Waals surface area contributed by atoms with Gasteiger partial charge in [-0.25, -0.2) is 4.39 Å². The van der Waals surface area contributed by atoms with Gasteiger partial charge in [0.15, 0.2) is 0 Å². The molecule has 2 N–H and O–H groups in total. The van der Waals surface area contributed by atoms with Crippen LogP contribution in [0.15, 0.2) is 16.6 Å². The number of rotatable bonds is 2. The molecule has 0 saturated carbocycles. The van der Waals surface area contributed by atoms with Crippen LogP contribution < -0.4 is 10.6 Å². The number of hydrogen-bond donors (Lipinski definition) is 2. The normalized spacial score (nSPS) is 19.1. The molecule has 2 amide bonds. The molecule has 1 heterocycles. The molecule has 1 atom stereocenters. The zero-order chi connectivity index (χ0) is 14.7. The van der Waals surface area contributed by atoms with E-state index in [0.717, 1.165) is 0 Å². The fraction of sp³-hybridized carbons (Fsp3) is 0.429. The summed E-state index contributed by atoms with van der Waals surface area (Å²) < 4.78 is 14.5. The summed E-state index contributed by atoms with van der Waals surface area (Å²) in [6, 6.07) is 2.74. The highest BCUT2D eigenvalue weighted by Crippen LogP contribution is 2.22. The van der Waals surface area contributed by atoms with Crippen LogP contribution in [0, 0.1) is 12.7 Å². The quantitative estimate of drug-likeness (QED) is 0.866. The Morgan fingerprint density at radius 1 is 1.45 bits per heavy atom. The van der Waals surface area contributed by atoms with Crippen LogP contribution in [0.25, 0.3) is 0 Å². The summed E-state index contributed by atoms with van der Waals surface area (Å²) in [6.45, 7) is 2.23. The molecule has 1 unspecified atom stereocenters. The van der Waals surface area contributed by atoms with Crippen LogP contribution in [0.4, 0.5) is 4.39 Å². The highest BCUT2D eigenvalue weighted by molar-refractivity contribution is 9.10. The van der Waals surface area contributed by atoms with Crippen LogP contribution in [0.2, 0.25) is 0 Å². The Labute approximate surface area is 125 Å². The summed E-state index contributed by atoms with van der Waals surface area (Å²) in [6.07, 6.45) is 1.61. The summed E-state index contributed by atoms with van der Waals surface area (Å²) in [5.41, 5.74) is 0.633. The lowest BCUT2D eigenvalue weighted by Crippen LogP contribution is -2.36. The molecular weight excluding hydrogens is 327 g/mol. The fourth-order valence-corrected chi connectivity index (χ4v) is 2.59. The predicted molar refractivity (Wildman–Crippen MR) is 77.0 cm³/mol. The van der Waals surface area contributed by atoms with E-state index in [1.807, 2.05) is 0 Å². The first kappa shape index (κ1) is 15.0. The minimum Gasteiger partial charge on any atom is -0.356 e. The van der Waals surface area contributed by atoms with Crippen molar-refractivity contribution >= 4 is 27.7 Å². The average molecular weight is 343 g/mol. The van der Waals surface area contributed by atoms with E-state index in [1.54, 1.807) is 13.0 Å². The Kier molecular flexibility index (Phi) is 4.75. The van der Waals surface area contributed by atoms with E-state index in [1.165, 1.54) is 6.07 Å². The number of nitrogens with one attached hydrogen (secondary N) is 2. The minimum atomic E-state index is -0.536.